The van der Waals surface area contributed by atoms with Gasteiger partial charge in [0.15, 0.2) is 11.6 Å². The summed E-state index contributed by atoms with van der Waals surface area (Å²) in [6.07, 6.45) is 1.83. The van der Waals surface area contributed by atoms with Gasteiger partial charge >= 0.3 is 0 Å². The van der Waals surface area contributed by atoms with Gasteiger partial charge in [0.25, 0.3) is 0 Å². The summed E-state index contributed by atoms with van der Waals surface area (Å²) in [5.41, 5.74) is 15.3. The maximum Gasteiger partial charge on any atom is 0.238 e. The maximum absolute atomic E-state index is 5.38. The van der Waals surface area contributed by atoms with Crippen molar-refractivity contribution in [2.45, 2.75) is 41.5 Å². The summed E-state index contributed by atoms with van der Waals surface area (Å²) < 4.78 is 4.75. The molecule has 6 aromatic carbocycles. The molecule has 10 rings (SSSR count). The Balaban J connectivity index is 0.00000422. The van der Waals surface area contributed by atoms with E-state index < -0.39 is 0 Å². The molecular weight excluding hydrogens is 895 g/mol. The van der Waals surface area contributed by atoms with E-state index in [9.17, 15) is 0 Å². The van der Waals surface area contributed by atoms with E-state index in [2.05, 4.69) is 148 Å². The van der Waals surface area contributed by atoms with Gasteiger partial charge in [0.05, 0.1) is 11.0 Å². The fourth-order valence-electron chi connectivity index (χ4n) is 8.70. The minimum Gasteiger partial charge on any atom is -0.305 e. The molecule has 7 heteroatoms. The first-order valence-electron chi connectivity index (χ1n) is 19.0. The molecule has 0 aliphatic heterocycles. The fourth-order valence-corrected chi connectivity index (χ4v) is 9.82. The van der Waals surface area contributed by atoms with E-state index in [1.165, 1.54) is 31.3 Å². The van der Waals surface area contributed by atoms with Crippen LogP contribution in [-0.2, 0) is 20.1 Å². The summed E-state index contributed by atoms with van der Waals surface area (Å²) in [6, 6.07) is 44.7. The first-order chi connectivity index (χ1) is 27.2. The van der Waals surface area contributed by atoms with Gasteiger partial charge in [0.1, 0.15) is 0 Å². The van der Waals surface area contributed by atoms with Gasteiger partial charge in [-0.05, 0) is 111 Å². The smallest absolute Gasteiger partial charge is 0.238 e. The standard InChI is InChI=1S/C50H38N5S.Ir/c1-28-20-30(3)46(31(4)21-28)48-52-49(47-32(5)22-29(2)23-33(47)6)54-50(53-48)55-42-18-17-35(34-12-11-13-36(24-34)41-15-9-10-19-51-41)25-38(42)39-26-40-37-14-7-8-16-44(37)56-45(40)27-43(39)55;/h7-12,14-27H,1-6H3;/q-1;. The fraction of sp³-hybridized carbons (Fsp3) is 0.120. The second kappa shape index (κ2) is 14.3. The number of benzene rings is 6. The Hall–Kier alpha value is -5.85. The zero-order chi connectivity index (χ0) is 38.2. The van der Waals surface area contributed by atoms with E-state index in [0.717, 1.165) is 77.6 Å². The Kier molecular flexibility index (Phi) is 9.20. The Labute approximate surface area is 349 Å². The first kappa shape index (κ1) is 36.8. The molecule has 0 bridgehead atoms. The largest absolute Gasteiger partial charge is 0.305 e. The summed E-state index contributed by atoms with van der Waals surface area (Å²) in [7, 11) is 0. The molecule has 57 heavy (non-hydrogen) atoms. The monoisotopic (exact) mass is 933 g/mol. The van der Waals surface area contributed by atoms with Crippen LogP contribution in [0.1, 0.15) is 33.4 Å². The van der Waals surface area contributed by atoms with Crippen LogP contribution in [0.2, 0.25) is 0 Å². The van der Waals surface area contributed by atoms with E-state index in [1.807, 2.05) is 41.8 Å². The quantitative estimate of drug-likeness (QED) is 0.161. The number of hydrogen-bond donors (Lipinski definition) is 0. The molecule has 0 fully saturated rings. The van der Waals surface area contributed by atoms with Crippen LogP contribution in [-0.4, -0.2) is 24.5 Å². The van der Waals surface area contributed by atoms with Gasteiger partial charge in [0.2, 0.25) is 5.95 Å². The Morgan fingerprint density at radius 1 is 0.526 bits per heavy atom. The van der Waals surface area contributed by atoms with E-state index in [-0.39, 0.29) is 20.1 Å². The molecule has 1 radical (unpaired) electrons. The number of thiophene rings is 1. The van der Waals surface area contributed by atoms with Gasteiger partial charge in [-0.15, -0.1) is 46.7 Å². The molecule has 0 aliphatic carbocycles. The molecule has 0 saturated carbocycles. The minimum absolute atomic E-state index is 0. The number of hydrogen-bond acceptors (Lipinski definition) is 5. The Morgan fingerprint density at radius 3 is 1.82 bits per heavy atom. The van der Waals surface area contributed by atoms with Crippen LogP contribution in [0.15, 0.2) is 121 Å². The average Bonchev–Trinajstić information content (AvgIpc) is 3.71. The SMILES string of the molecule is Cc1cc(C)c(-c2nc(-c3c(C)cc(C)cc3C)nc(-n3c4ccc(-c5cc[c-]c(-c6ccccn6)c5)cc4c4cc5c(cc43)sc3ccccc35)n2)c(C)c1.[Ir]. The molecule has 10 aromatic rings. The molecule has 0 atom stereocenters. The third-order valence-corrected chi connectivity index (χ3v) is 12.1. The van der Waals surface area contributed by atoms with E-state index in [1.54, 1.807) is 0 Å². The second-order valence-electron chi connectivity index (χ2n) is 15.1. The number of pyridine rings is 1. The van der Waals surface area contributed by atoms with E-state index >= 15 is 0 Å². The number of rotatable bonds is 5. The molecule has 0 amide bonds. The van der Waals surface area contributed by atoms with Crippen molar-refractivity contribution >= 4 is 53.3 Å². The molecular formula is C50H38IrN5S-. The topological polar surface area (TPSA) is 56.5 Å². The molecule has 4 aromatic heterocycles. The van der Waals surface area contributed by atoms with Crippen LogP contribution in [0.4, 0.5) is 0 Å². The molecule has 279 valence electrons. The summed E-state index contributed by atoms with van der Waals surface area (Å²) >= 11 is 1.82. The summed E-state index contributed by atoms with van der Waals surface area (Å²) in [4.78, 5) is 20.6. The zero-order valence-corrected chi connectivity index (χ0v) is 35.7. The second-order valence-corrected chi connectivity index (χ2v) is 16.2. The van der Waals surface area contributed by atoms with Gasteiger partial charge < -0.3 is 4.98 Å². The van der Waals surface area contributed by atoms with Gasteiger partial charge in [0, 0.05) is 68.4 Å². The normalized spacial score (nSPS) is 11.5. The summed E-state index contributed by atoms with van der Waals surface area (Å²) in [5, 5.41) is 4.81. The predicted molar refractivity (Wildman–Crippen MR) is 234 cm³/mol. The van der Waals surface area contributed by atoms with Crippen molar-refractivity contribution in [3.63, 3.8) is 0 Å². The molecule has 0 aliphatic rings. The van der Waals surface area contributed by atoms with Gasteiger partial charge in [-0.2, -0.15) is 9.97 Å². The Bertz CT molecular complexity index is 3090. The van der Waals surface area contributed by atoms with Gasteiger partial charge in [-0.3, -0.25) is 4.57 Å². The molecule has 0 unspecified atom stereocenters. The number of fused-ring (bicyclic) bond motifs is 6. The Morgan fingerprint density at radius 2 is 1.16 bits per heavy atom. The van der Waals surface area contributed by atoms with Crippen LogP contribution >= 0.6 is 11.3 Å². The third kappa shape index (κ3) is 6.27. The molecule has 4 heterocycles. The predicted octanol–water partition coefficient (Wildman–Crippen LogP) is 13.0. The van der Waals surface area contributed by atoms with Crippen molar-refractivity contribution in [1.82, 2.24) is 24.5 Å². The third-order valence-electron chi connectivity index (χ3n) is 11.0. The van der Waals surface area contributed by atoms with Crippen LogP contribution in [0, 0.1) is 47.6 Å². The van der Waals surface area contributed by atoms with Crippen molar-refractivity contribution in [3.05, 3.63) is 161 Å². The molecule has 0 spiro atoms. The van der Waals surface area contributed by atoms with Crippen LogP contribution in [0.25, 0.3) is 93.1 Å². The van der Waals surface area contributed by atoms with Crippen molar-refractivity contribution in [2.75, 3.05) is 0 Å². The van der Waals surface area contributed by atoms with Crippen molar-refractivity contribution in [3.8, 4) is 51.1 Å². The summed E-state index contributed by atoms with van der Waals surface area (Å²) in [5.74, 6) is 1.96. The van der Waals surface area contributed by atoms with E-state index in [4.69, 9.17) is 15.0 Å². The number of aryl methyl sites for hydroxylation is 6. The van der Waals surface area contributed by atoms with Crippen molar-refractivity contribution in [1.29, 1.82) is 0 Å². The maximum atomic E-state index is 5.38. The number of aromatic nitrogens is 5. The summed E-state index contributed by atoms with van der Waals surface area (Å²) in [6.45, 7) is 12.9. The van der Waals surface area contributed by atoms with Crippen molar-refractivity contribution < 1.29 is 20.1 Å². The molecule has 0 N–H and O–H groups in total. The van der Waals surface area contributed by atoms with Crippen molar-refractivity contribution in [2.24, 2.45) is 0 Å². The molecule has 5 nitrogen and oxygen atoms in total. The van der Waals surface area contributed by atoms with Gasteiger partial charge in [-0.25, -0.2) is 4.98 Å². The van der Waals surface area contributed by atoms with Crippen LogP contribution < -0.4 is 0 Å². The van der Waals surface area contributed by atoms with E-state index in [0.29, 0.717) is 17.6 Å². The number of nitrogens with zero attached hydrogens (tertiary/aromatic N) is 5. The average molecular weight is 933 g/mol. The molecule has 0 saturated heterocycles. The zero-order valence-electron chi connectivity index (χ0n) is 32.5. The minimum atomic E-state index is 0. The van der Waals surface area contributed by atoms with Crippen LogP contribution in [0.5, 0.6) is 0 Å². The first-order valence-corrected chi connectivity index (χ1v) is 19.8. The van der Waals surface area contributed by atoms with Crippen LogP contribution in [0.3, 0.4) is 0 Å². The van der Waals surface area contributed by atoms with Gasteiger partial charge in [-0.1, -0.05) is 71.8 Å².